The number of anilines is 1. The summed E-state index contributed by atoms with van der Waals surface area (Å²) in [6.45, 7) is 4.26. The lowest BCUT2D eigenvalue weighted by atomic mass is 10.0. The highest BCUT2D eigenvalue weighted by Gasteiger charge is 2.35. The molecule has 29 heavy (non-hydrogen) atoms. The zero-order valence-corrected chi connectivity index (χ0v) is 16.8. The number of amides is 2. The highest BCUT2D eigenvalue weighted by molar-refractivity contribution is 5.95. The summed E-state index contributed by atoms with van der Waals surface area (Å²) >= 11 is 0. The molecule has 154 valence electrons. The van der Waals surface area contributed by atoms with E-state index in [0.717, 1.165) is 29.7 Å². The second-order valence-electron chi connectivity index (χ2n) is 7.07. The van der Waals surface area contributed by atoms with Crippen molar-refractivity contribution in [2.24, 2.45) is 5.92 Å². The predicted octanol–water partition coefficient (Wildman–Crippen LogP) is 2.93. The van der Waals surface area contributed by atoms with Crippen molar-refractivity contribution in [2.75, 3.05) is 18.5 Å². The number of ether oxygens (including phenoxy) is 1. The lowest BCUT2D eigenvalue weighted by Gasteiger charge is -2.16. The maximum atomic E-state index is 12.3. The van der Waals surface area contributed by atoms with Crippen LogP contribution in [0.4, 0.5) is 5.69 Å². The standard InChI is InChI=1S/C22H26N2O5/c1-3-15-7-5-8-16(4-2)21(15)23-19(25)14-29-22(27)17-11-20(26)24(12-17)13-18-9-6-10-28-18/h5-10,17H,3-4,11-14H2,1-2H3,(H,23,25)/t17-/m0/s1. The largest absolute Gasteiger partial charge is 0.467 e. The molecule has 1 saturated heterocycles. The number of benzene rings is 1. The normalized spacial score (nSPS) is 16.1. The molecular formula is C22H26N2O5. The number of hydrogen-bond acceptors (Lipinski definition) is 5. The highest BCUT2D eigenvalue weighted by atomic mass is 16.5. The lowest BCUT2D eigenvalue weighted by Crippen LogP contribution is -2.28. The summed E-state index contributed by atoms with van der Waals surface area (Å²) in [5.74, 6) is -0.953. The van der Waals surface area contributed by atoms with E-state index in [-0.39, 0.29) is 31.4 Å². The molecule has 7 nitrogen and oxygen atoms in total. The van der Waals surface area contributed by atoms with Gasteiger partial charge in [0.1, 0.15) is 5.76 Å². The van der Waals surface area contributed by atoms with E-state index in [4.69, 9.17) is 9.15 Å². The summed E-state index contributed by atoms with van der Waals surface area (Å²) in [5.41, 5.74) is 2.87. The van der Waals surface area contributed by atoms with Crippen molar-refractivity contribution in [3.05, 3.63) is 53.5 Å². The first-order valence-corrected chi connectivity index (χ1v) is 9.89. The van der Waals surface area contributed by atoms with E-state index in [1.54, 1.807) is 23.3 Å². The van der Waals surface area contributed by atoms with Gasteiger partial charge in [0.15, 0.2) is 6.61 Å². The number of esters is 1. The number of aryl methyl sites for hydroxylation is 2. The summed E-state index contributed by atoms with van der Waals surface area (Å²) in [6, 6.07) is 9.44. The van der Waals surface area contributed by atoms with E-state index in [9.17, 15) is 14.4 Å². The minimum Gasteiger partial charge on any atom is -0.467 e. The predicted molar refractivity (Wildman–Crippen MR) is 107 cm³/mol. The van der Waals surface area contributed by atoms with Crippen molar-refractivity contribution in [3.63, 3.8) is 0 Å². The Morgan fingerprint density at radius 2 is 1.90 bits per heavy atom. The number of rotatable bonds is 8. The van der Waals surface area contributed by atoms with Crippen LogP contribution in [0.25, 0.3) is 0 Å². The molecule has 0 radical (unpaired) electrons. The molecule has 0 aliphatic carbocycles. The highest BCUT2D eigenvalue weighted by Crippen LogP contribution is 2.23. The number of nitrogens with one attached hydrogen (secondary N) is 1. The fraction of sp³-hybridized carbons (Fsp3) is 0.409. The molecule has 2 heterocycles. The minimum absolute atomic E-state index is 0.0831. The molecule has 1 aromatic heterocycles. The van der Waals surface area contributed by atoms with E-state index in [1.165, 1.54) is 0 Å². The SMILES string of the molecule is CCc1cccc(CC)c1NC(=O)COC(=O)[C@H]1CC(=O)N(Cc2ccco2)C1. The van der Waals surface area contributed by atoms with E-state index >= 15 is 0 Å². The molecule has 0 unspecified atom stereocenters. The number of nitrogens with zero attached hydrogens (tertiary/aromatic N) is 1. The number of carbonyl (C=O) groups excluding carboxylic acids is 3. The topological polar surface area (TPSA) is 88.8 Å². The van der Waals surface area contributed by atoms with Gasteiger partial charge in [-0.2, -0.15) is 0 Å². The molecule has 7 heteroatoms. The Balaban J connectivity index is 1.52. The maximum Gasteiger partial charge on any atom is 0.311 e. The average Bonchev–Trinajstić information content (AvgIpc) is 3.36. The molecule has 2 amide bonds. The van der Waals surface area contributed by atoms with Crippen molar-refractivity contribution in [3.8, 4) is 0 Å². The van der Waals surface area contributed by atoms with Gasteiger partial charge in [0.2, 0.25) is 5.91 Å². The van der Waals surface area contributed by atoms with Crippen LogP contribution in [-0.2, 0) is 38.5 Å². The number of furan rings is 1. The second-order valence-corrected chi connectivity index (χ2v) is 7.07. The van der Waals surface area contributed by atoms with Crippen LogP contribution in [0.3, 0.4) is 0 Å². The fourth-order valence-corrected chi connectivity index (χ4v) is 3.51. The van der Waals surface area contributed by atoms with Crippen molar-refractivity contribution in [1.29, 1.82) is 0 Å². The zero-order chi connectivity index (χ0) is 20.8. The summed E-state index contributed by atoms with van der Waals surface area (Å²) in [5, 5.41) is 2.87. The van der Waals surface area contributed by atoms with Gasteiger partial charge in [0.05, 0.1) is 18.7 Å². The lowest BCUT2D eigenvalue weighted by molar-refractivity contribution is -0.151. The van der Waals surface area contributed by atoms with Gasteiger partial charge in [0.25, 0.3) is 5.91 Å². The molecule has 2 aromatic rings. The Hall–Kier alpha value is -3.09. The van der Waals surface area contributed by atoms with E-state index < -0.39 is 11.9 Å². The molecule has 0 bridgehead atoms. The van der Waals surface area contributed by atoms with Gasteiger partial charge in [-0.3, -0.25) is 14.4 Å². The average molecular weight is 398 g/mol. The van der Waals surface area contributed by atoms with E-state index in [1.807, 2.05) is 32.0 Å². The van der Waals surface area contributed by atoms with Gasteiger partial charge in [-0.1, -0.05) is 32.0 Å². The number of para-hydroxylation sites is 1. The third kappa shape index (κ3) is 5.04. The second kappa shape index (κ2) is 9.41. The van der Waals surface area contributed by atoms with E-state index in [0.29, 0.717) is 12.3 Å². The molecule has 1 fully saturated rings. The number of carbonyl (C=O) groups is 3. The quantitative estimate of drug-likeness (QED) is 0.691. The van der Waals surface area contributed by atoms with Gasteiger partial charge < -0.3 is 19.4 Å². The molecule has 1 atom stereocenters. The summed E-state index contributed by atoms with van der Waals surface area (Å²) in [4.78, 5) is 38.4. The summed E-state index contributed by atoms with van der Waals surface area (Å²) < 4.78 is 10.4. The van der Waals surface area contributed by atoms with Crippen molar-refractivity contribution >= 4 is 23.5 Å². The molecule has 1 N–H and O–H groups in total. The van der Waals surface area contributed by atoms with Crippen LogP contribution in [-0.4, -0.2) is 35.8 Å². The Bertz CT molecular complexity index is 853. The van der Waals surface area contributed by atoms with Crippen LogP contribution in [0, 0.1) is 5.92 Å². The molecule has 1 aliphatic heterocycles. The Morgan fingerprint density at radius 3 is 2.52 bits per heavy atom. The first kappa shape index (κ1) is 20.6. The van der Waals surface area contributed by atoms with Crippen molar-refractivity contribution < 1.29 is 23.5 Å². The molecular weight excluding hydrogens is 372 g/mol. The fourth-order valence-electron chi connectivity index (χ4n) is 3.51. The van der Waals surface area contributed by atoms with Crippen LogP contribution >= 0.6 is 0 Å². The van der Waals surface area contributed by atoms with Gasteiger partial charge in [-0.05, 0) is 36.1 Å². The first-order chi connectivity index (χ1) is 14.0. The molecule has 1 aliphatic rings. The summed E-state index contributed by atoms with van der Waals surface area (Å²) in [7, 11) is 0. The Kier molecular flexibility index (Phi) is 6.69. The van der Waals surface area contributed by atoms with Gasteiger partial charge >= 0.3 is 5.97 Å². The molecule has 3 rings (SSSR count). The zero-order valence-electron chi connectivity index (χ0n) is 16.8. The maximum absolute atomic E-state index is 12.3. The van der Waals surface area contributed by atoms with Gasteiger partial charge in [-0.15, -0.1) is 0 Å². The molecule has 1 aromatic carbocycles. The Labute approximate surface area is 170 Å². The molecule has 0 saturated carbocycles. The van der Waals surface area contributed by atoms with Crippen molar-refractivity contribution in [1.82, 2.24) is 4.90 Å². The minimum atomic E-state index is -0.570. The van der Waals surface area contributed by atoms with Crippen LogP contribution in [0.5, 0.6) is 0 Å². The van der Waals surface area contributed by atoms with Gasteiger partial charge in [-0.25, -0.2) is 0 Å². The van der Waals surface area contributed by atoms with E-state index in [2.05, 4.69) is 5.32 Å². The van der Waals surface area contributed by atoms with Crippen LogP contribution < -0.4 is 5.32 Å². The third-order valence-electron chi connectivity index (χ3n) is 5.08. The van der Waals surface area contributed by atoms with Crippen LogP contribution in [0.15, 0.2) is 41.0 Å². The Morgan fingerprint density at radius 1 is 1.17 bits per heavy atom. The number of hydrogen-bond donors (Lipinski definition) is 1. The van der Waals surface area contributed by atoms with Crippen LogP contribution in [0.2, 0.25) is 0 Å². The van der Waals surface area contributed by atoms with Crippen molar-refractivity contribution in [2.45, 2.75) is 39.7 Å². The third-order valence-corrected chi connectivity index (χ3v) is 5.08. The molecule has 0 spiro atoms. The first-order valence-electron chi connectivity index (χ1n) is 9.89. The van der Waals surface area contributed by atoms with Crippen LogP contribution in [0.1, 0.15) is 37.2 Å². The summed E-state index contributed by atoms with van der Waals surface area (Å²) in [6.07, 6.45) is 3.21. The smallest absolute Gasteiger partial charge is 0.311 e. The number of likely N-dealkylation sites (tertiary alicyclic amines) is 1. The monoisotopic (exact) mass is 398 g/mol. The van der Waals surface area contributed by atoms with Gasteiger partial charge in [0, 0.05) is 18.7 Å².